The molecular weight excluding hydrogens is 315 g/mol. The maximum atomic E-state index is 14.6. The van der Waals surface area contributed by atoms with Gasteiger partial charge in [0.15, 0.2) is 0 Å². The van der Waals surface area contributed by atoms with Crippen molar-refractivity contribution >= 4 is 16.8 Å². The maximum absolute atomic E-state index is 14.6. The molecule has 0 unspecified atom stereocenters. The van der Waals surface area contributed by atoms with Crippen LogP contribution in [-0.2, 0) is 6.54 Å². The molecule has 4 rings (SSSR count). The highest BCUT2D eigenvalue weighted by molar-refractivity contribution is 6.06. The number of pyridine rings is 1. The molecule has 0 bridgehead atoms. The van der Waals surface area contributed by atoms with Crippen LogP contribution >= 0.6 is 0 Å². The van der Waals surface area contributed by atoms with Gasteiger partial charge >= 0.3 is 0 Å². The van der Waals surface area contributed by atoms with Crippen molar-refractivity contribution in [1.82, 2.24) is 9.88 Å². The van der Waals surface area contributed by atoms with Gasteiger partial charge in [-0.3, -0.25) is 4.79 Å². The fourth-order valence-electron chi connectivity index (χ4n) is 3.51. The van der Waals surface area contributed by atoms with Gasteiger partial charge in [-0.1, -0.05) is 43.3 Å². The lowest BCUT2D eigenvalue weighted by atomic mass is 9.94. The zero-order valence-electron chi connectivity index (χ0n) is 14.3. The van der Waals surface area contributed by atoms with E-state index in [1.807, 2.05) is 42.2 Å². The van der Waals surface area contributed by atoms with E-state index in [0.717, 1.165) is 28.5 Å². The second kappa shape index (κ2) is 5.96. The Morgan fingerprint density at radius 3 is 2.64 bits per heavy atom. The third-order valence-electron chi connectivity index (χ3n) is 5.05. The fraction of sp³-hybridized carbons (Fsp3) is 0.238. The minimum absolute atomic E-state index is 0.0623. The van der Waals surface area contributed by atoms with Crippen molar-refractivity contribution in [2.45, 2.75) is 32.9 Å². The van der Waals surface area contributed by atoms with E-state index in [2.05, 4.69) is 11.9 Å². The lowest BCUT2D eigenvalue weighted by Gasteiger charge is -2.22. The van der Waals surface area contributed by atoms with Crippen LogP contribution in [0.2, 0.25) is 0 Å². The molecule has 2 heterocycles. The molecule has 0 radical (unpaired) electrons. The molecule has 4 heteroatoms. The Kier molecular flexibility index (Phi) is 3.75. The smallest absolute Gasteiger partial charge is 0.273 e. The molecule has 2 aromatic carbocycles. The average molecular weight is 334 g/mol. The Balaban J connectivity index is 2.03. The number of para-hydroxylation sites is 1. The minimum atomic E-state index is -0.282. The van der Waals surface area contributed by atoms with Crippen LogP contribution < -0.4 is 0 Å². The van der Waals surface area contributed by atoms with Gasteiger partial charge in [0.1, 0.15) is 11.5 Å². The molecule has 0 fully saturated rings. The molecule has 0 saturated heterocycles. The number of benzene rings is 2. The Hall–Kier alpha value is -2.75. The number of halogens is 1. The van der Waals surface area contributed by atoms with Crippen molar-refractivity contribution in [2.24, 2.45) is 0 Å². The zero-order chi connectivity index (χ0) is 17.6. The molecule has 1 aliphatic rings. The van der Waals surface area contributed by atoms with Gasteiger partial charge in [0.05, 0.1) is 5.52 Å². The van der Waals surface area contributed by atoms with Crippen LogP contribution in [0.3, 0.4) is 0 Å². The third kappa shape index (κ3) is 2.40. The van der Waals surface area contributed by atoms with Gasteiger partial charge in [-0.05, 0) is 25.5 Å². The molecular formula is C21H19FN2O. The number of fused-ring (bicyclic) bond motifs is 2. The molecule has 1 aromatic heterocycles. The fourth-order valence-corrected chi connectivity index (χ4v) is 3.51. The molecule has 0 aliphatic carbocycles. The van der Waals surface area contributed by atoms with E-state index in [1.54, 1.807) is 12.1 Å². The van der Waals surface area contributed by atoms with Crippen molar-refractivity contribution < 1.29 is 9.18 Å². The first-order chi connectivity index (χ1) is 12.1. The molecule has 3 aromatic rings. The molecule has 126 valence electrons. The summed E-state index contributed by atoms with van der Waals surface area (Å²) in [4.78, 5) is 19.3. The predicted octanol–water partition coefficient (Wildman–Crippen LogP) is 4.80. The molecule has 25 heavy (non-hydrogen) atoms. The van der Waals surface area contributed by atoms with Gasteiger partial charge in [0, 0.05) is 34.7 Å². The lowest BCUT2D eigenvalue weighted by molar-refractivity contribution is 0.0709. The summed E-state index contributed by atoms with van der Waals surface area (Å²) < 4.78 is 14.6. The molecule has 1 amide bonds. The van der Waals surface area contributed by atoms with Crippen molar-refractivity contribution in [2.75, 3.05) is 0 Å². The van der Waals surface area contributed by atoms with E-state index in [9.17, 15) is 9.18 Å². The summed E-state index contributed by atoms with van der Waals surface area (Å²) in [6, 6.07) is 14.5. The number of carbonyl (C=O) groups excluding carboxylic acids is 1. The SMILES string of the molecule is CC[C@H](C)N1Cc2c(nc3ccccc3c2-c2ccccc2F)C1=O. The largest absolute Gasteiger partial charge is 0.330 e. The molecule has 0 N–H and O–H groups in total. The van der Waals surface area contributed by atoms with Crippen LogP contribution in [0, 0.1) is 5.82 Å². The van der Waals surface area contributed by atoms with Crippen LogP contribution in [0.4, 0.5) is 4.39 Å². The summed E-state index contributed by atoms with van der Waals surface area (Å²) in [6.45, 7) is 4.57. The van der Waals surface area contributed by atoms with E-state index in [-0.39, 0.29) is 17.8 Å². The number of rotatable bonds is 3. The Morgan fingerprint density at radius 1 is 1.16 bits per heavy atom. The summed E-state index contributed by atoms with van der Waals surface area (Å²) in [6.07, 6.45) is 0.869. The maximum Gasteiger partial charge on any atom is 0.273 e. The average Bonchev–Trinajstić information content (AvgIpc) is 2.96. The second-order valence-electron chi connectivity index (χ2n) is 6.50. The van der Waals surface area contributed by atoms with Gasteiger partial charge in [0.25, 0.3) is 5.91 Å². The van der Waals surface area contributed by atoms with E-state index in [0.29, 0.717) is 17.8 Å². The van der Waals surface area contributed by atoms with Crippen molar-refractivity contribution in [3.8, 4) is 11.1 Å². The number of nitrogens with zero attached hydrogens (tertiary/aromatic N) is 2. The molecule has 1 aliphatic heterocycles. The van der Waals surface area contributed by atoms with Crippen molar-refractivity contribution in [3.63, 3.8) is 0 Å². The standard InChI is InChI=1S/C21H19FN2O/c1-3-13(2)24-12-16-19(14-8-4-6-10-17(14)22)15-9-5-7-11-18(15)23-20(16)21(24)25/h4-11,13H,3,12H2,1-2H3/t13-/m0/s1. The van der Waals surface area contributed by atoms with Crippen LogP contribution in [-0.4, -0.2) is 21.8 Å². The zero-order valence-corrected chi connectivity index (χ0v) is 14.3. The number of hydrogen-bond acceptors (Lipinski definition) is 2. The van der Waals surface area contributed by atoms with Gasteiger partial charge < -0.3 is 4.90 Å². The van der Waals surface area contributed by atoms with Crippen molar-refractivity contribution in [3.05, 3.63) is 65.6 Å². The monoisotopic (exact) mass is 334 g/mol. The van der Waals surface area contributed by atoms with E-state index in [4.69, 9.17) is 0 Å². The van der Waals surface area contributed by atoms with Crippen LogP contribution in [0.5, 0.6) is 0 Å². The molecule has 0 saturated carbocycles. The Labute approximate surface area is 146 Å². The summed E-state index contributed by atoms with van der Waals surface area (Å²) in [5.41, 5.74) is 3.32. The van der Waals surface area contributed by atoms with Gasteiger partial charge in [-0.15, -0.1) is 0 Å². The molecule has 0 spiro atoms. The Bertz CT molecular complexity index is 983. The summed E-state index contributed by atoms with van der Waals surface area (Å²) >= 11 is 0. The Morgan fingerprint density at radius 2 is 1.88 bits per heavy atom. The highest BCUT2D eigenvalue weighted by atomic mass is 19.1. The predicted molar refractivity (Wildman–Crippen MR) is 96.8 cm³/mol. The van der Waals surface area contributed by atoms with E-state index >= 15 is 0 Å². The summed E-state index contributed by atoms with van der Waals surface area (Å²) in [7, 11) is 0. The van der Waals surface area contributed by atoms with Gasteiger partial charge in [0.2, 0.25) is 0 Å². The van der Waals surface area contributed by atoms with E-state index < -0.39 is 0 Å². The van der Waals surface area contributed by atoms with Crippen LogP contribution in [0.1, 0.15) is 36.3 Å². The first-order valence-corrected chi connectivity index (χ1v) is 8.59. The topological polar surface area (TPSA) is 33.2 Å². The number of carbonyl (C=O) groups is 1. The first kappa shape index (κ1) is 15.8. The van der Waals surface area contributed by atoms with Crippen LogP contribution in [0.25, 0.3) is 22.0 Å². The molecule has 3 nitrogen and oxygen atoms in total. The third-order valence-corrected chi connectivity index (χ3v) is 5.05. The van der Waals surface area contributed by atoms with Crippen molar-refractivity contribution in [1.29, 1.82) is 0 Å². The number of amides is 1. The number of hydrogen-bond donors (Lipinski definition) is 0. The van der Waals surface area contributed by atoms with Crippen LogP contribution in [0.15, 0.2) is 48.5 Å². The highest BCUT2D eigenvalue weighted by Crippen LogP contribution is 2.38. The van der Waals surface area contributed by atoms with Gasteiger partial charge in [-0.25, -0.2) is 9.37 Å². The quantitative estimate of drug-likeness (QED) is 0.689. The summed E-state index contributed by atoms with van der Waals surface area (Å²) in [5.74, 6) is -0.344. The highest BCUT2D eigenvalue weighted by Gasteiger charge is 2.35. The first-order valence-electron chi connectivity index (χ1n) is 8.59. The van der Waals surface area contributed by atoms with E-state index in [1.165, 1.54) is 6.07 Å². The second-order valence-corrected chi connectivity index (χ2v) is 6.50. The normalized spacial score (nSPS) is 14.8. The molecule has 1 atom stereocenters. The number of aromatic nitrogens is 1. The summed E-state index contributed by atoms with van der Waals surface area (Å²) in [5, 5.41) is 0.880. The minimum Gasteiger partial charge on any atom is -0.330 e. The van der Waals surface area contributed by atoms with Gasteiger partial charge in [-0.2, -0.15) is 0 Å². The lowest BCUT2D eigenvalue weighted by Crippen LogP contribution is -2.32.